The van der Waals surface area contributed by atoms with Gasteiger partial charge in [0.05, 0.1) is 5.41 Å². The van der Waals surface area contributed by atoms with Crippen molar-refractivity contribution in [2.75, 3.05) is 0 Å². The highest BCUT2D eigenvalue weighted by molar-refractivity contribution is 6.09. The predicted molar refractivity (Wildman–Crippen MR) is 251 cm³/mol. The van der Waals surface area contributed by atoms with Crippen molar-refractivity contribution in [3.8, 4) is 78.7 Å². The van der Waals surface area contributed by atoms with E-state index >= 15 is 0 Å². The van der Waals surface area contributed by atoms with E-state index in [1.165, 1.54) is 50.1 Å². The number of nitrogens with zero attached hydrogens (tertiary/aromatic N) is 3. The second-order valence-electron chi connectivity index (χ2n) is 16.2. The lowest BCUT2D eigenvalue weighted by Crippen LogP contribution is -2.25. The molecule has 4 nitrogen and oxygen atoms in total. The fraction of sp³-hybridized carbons (Fsp3) is 0.0172. The highest BCUT2D eigenvalue weighted by Crippen LogP contribution is 2.63. The topological polar surface area (TPSA) is 51.8 Å². The van der Waals surface area contributed by atoms with Crippen LogP contribution >= 0.6 is 0 Å². The van der Waals surface area contributed by atoms with Crippen LogP contribution in [-0.4, -0.2) is 15.0 Å². The largest absolute Gasteiger partial charge is 0.455 e. The van der Waals surface area contributed by atoms with Crippen LogP contribution in [0.15, 0.2) is 217 Å². The van der Waals surface area contributed by atoms with Gasteiger partial charge in [0.25, 0.3) is 0 Å². The zero-order chi connectivity index (χ0) is 40.8. The molecule has 0 fully saturated rings. The maximum Gasteiger partial charge on any atom is 0.164 e. The Morgan fingerprint density at radius 1 is 0.306 bits per heavy atom. The normalized spacial score (nSPS) is 13.0. The molecule has 2 aliphatic carbocycles. The van der Waals surface area contributed by atoms with E-state index in [9.17, 15) is 0 Å². The van der Waals surface area contributed by atoms with Crippen LogP contribution in [0.1, 0.15) is 22.3 Å². The van der Waals surface area contributed by atoms with E-state index in [0.29, 0.717) is 17.5 Å². The number of para-hydroxylation sites is 2. The minimum absolute atomic E-state index is 0.389. The average molecular weight is 790 g/mol. The number of furan rings is 1. The second-order valence-corrected chi connectivity index (χ2v) is 16.2. The molecule has 2 aromatic heterocycles. The van der Waals surface area contributed by atoms with Crippen LogP contribution in [0.2, 0.25) is 0 Å². The van der Waals surface area contributed by atoms with Crippen LogP contribution in [-0.2, 0) is 5.41 Å². The first-order valence-corrected chi connectivity index (χ1v) is 21.1. The molecule has 2 heterocycles. The smallest absolute Gasteiger partial charge is 0.164 e. The van der Waals surface area contributed by atoms with Crippen LogP contribution in [0.3, 0.4) is 0 Å². The number of hydrogen-bond acceptors (Lipinski definition) is 4. The van der Waals surface area contributed by atoms with E-state index in [2.05, 4.69) is 170 Å². The summed E-state index contributed by atoms with van der Waals surface area (Å²) in [7, 11) is 0. The van der Waals surface area contributed by atoms with Crippen molar-refractivity contribution in [1.29, 1.82) is 0 Å². The van der Waals surface area contributed by atoms with Gasteiger partial charge >= 0.3 is 0 Å². The van der Waals surface area contributed by atoms with Crippen LogP contribution in [0, 0.1) is 0 Å². The van der Waals surface area contributed by atoms with Gasteiger partial charge < -0.3 is 4.42 Å². The fourth-order valence-electron chi connectivity index (χ4n) is 10.3. The van der Waals surface area contributed by atoms with Crippen molar-refractivity contribution >= 4 is 21.9 Å². The molecule has 2 aliphatic rings. The summed E-state index contributed by atoms with van der Waals surface area (Å²) in [6.45, 7) is 0. The highest BCUT2D eigenvalue weighted by atomic mass is 16.3. The molecule has 1 spiro atoms. The van der Waals surface area contributed by atoms with Gasteiger partial charge in [-0.1, -0.05) is 200 Å². The molecule has 11 aromatic rings. The fourth-order valence-corrected chi connectivity index (χ4v) is 10.3. The molecule has 0 radical (unpaired) electrons. The van der Waals surface area contributed by atoms with Crippen molar-refractivity contribution < 1.29 is 4.42 Å². The Balaban J connectivity index is 0.931. The zero-order valence-electron chi connectivity index (χ0n) is 33.5. The Kier molecular flexibility index (Phi) is 7.49. The molecule has 0 atom stereocenters. The quantitative estimate of drug-likeness (QED) is 0.174. The third-order valence-corrected chi connectivity index (χ3v) is 13.0. The van der Waals surface area contributed by atoms with E-state index in [1.54, 1.807) is 0 Å². The maximum absolute atomic E-state index is 6.43. The SMILES string of the molecule is c1ccc(-c2nc(-c3ccc(-c4cccc5c4-c4ccccc4C54c5ccccc5-c5ccccc54)cc3)nc(-c3cccc(-c4cccc5c4oc4ccccc45)c3)n2)cc1. The van der Waals surface area contributed by atoms with Crippen LogP contribution in [0.25, 0.3) is 101 Å². The van der Waals surface area contributed by atoms with Gasteiger partial charge in [0, 0.05) is 33.0 Å². The van der Waals surface area contributed by atoms with Gasteiger partial charge in [0.15, 0.2) is 17.5 Å². The molecule has 0 aliphatic heterocycles. The van der Waals surface area contributed by atoms with Crippen LogP contribution in [0.4, 0.5) is 0 Å². The number of rotatable bonds is 5. The molecule has 4 heteroatoms. The number of aromatic nitrogens is 3. The third kappa shape index (κ3) is 4.98. The van der Waals surface area contributed by atoms with E-state index < -0.39 is 0 Å². The molecular formula is C58H35N3O. The Labute approximate surface area is 358 Å². The first-order valence-electron chi connectivity index (χ1n) is 21.1. The molecule has 288 valence electrons. The van der Waals surface area contributed by atoms with E-state index in [1.807, 2.05) is 42.5 Å². The predicted octanol–water partition coefficient (Wildman–Crippen LogP) is 14.4. The summed E-state index contributed by atoms with van der Waals surface area (Å²) in [6.07, 6.45) is 0. The summed E-state index contributed by atoms with van der Waals surface area (Å²) in [6, 6.07) is 75.6. The van der Waals surface area contributed by atoms with Gasteiger partial charge in [-0.2, -0.15) is 0 Å². The van der Waals surface area contributed by atoms with Gasteiger partial charge in [-0.25, -0.2) is 15.0 Å². The van der Waals surface area contributed by atoms with Crippen LogP contribution < -0.4 is 0 Å². The van der Waals surface area contributed by atoms with Gasteiger partial charge in [-0.05, 0) is 73.3 Å². The minimum Gasteiger partial charge on any atom is -0.455 e. The summed E-state index contributed by atoms with van der Waals surface area (Å²) in [5.41, 5.74) is 19.0. The third-order valence-electron chi connectivity index (χ3n) is 13.0. The molecule has 0 bridgehead atoms. The van der Waals surface area contributed by atoms with E-state index in [4.69, 9.17) is 19.4 Å². The van der Waals surface area contributed by atoms with Crippen molar-refractivity contribution in [2.24, 2.45) is 0 Å². The van der Waals surface area contributed by atoms with Crippen molar-refractivity contribution in [3.05, 3.63) is 235 Å². The minimum atomic E-state index is -0.389. The lowest BCUT2D eigenvalue weighted by Gasteiger charge is -2.30. The van der Waals surface area contributed by atoms with Crippen molar-refractivity contribution in [2.45, 2.75) is 5.41 Å². The zero-order valence-corrected chi connectivity index (χ0v) is 33.5. The molecule has 0 amide bonds. The number of fused-ring (bicyclic) bond motifs is 13. The summed E-state index contributed by atoms with van der Waals surface area (Å²) in [4.78, 5) is 15.3. The van der Waals surface area contributed by atoms with E-state index in [-0.39, 0.29) is 5.41 Å². The lowest BCUT2D eigenvalue weighted by molar-refractivity contribution is 0.670. The average Bonchev–Trinajstić information content (AvgIpc) is 3.99. The summed E-state index contributed by atoms with van der Waals surface area (Å²) < 4.78 is 6.43. The van der Waals surface area contributed by atoms with Crippen LogP contribution in [0.5, 0.6) is 0 Å². The Morgan fingerprint density at radius 2 is 0.774 bits per heavy atom. The van der Waals surface area contributed by atoms with E-state index in [0.717, 1.165) is 55.3 Å². The molecular weight excluding hydrogens is 755 g/mol. The monoisotopic (exact) mass is 789 g/mol. The maximum atomic E-state index is 6.43. The molecule has 9 aromatic carbocycles. The first-order chi connectivity index (χ1) is 30.7. The number of benzene rings is 9. The van der Waals surface area contributed by atoms with Gasteiger partial charge in [-0.15, -0.1) is 0 Å². The Bertz CT molecular complexity index is 3540. The first kappa shape index (κ1) is 34.6. The molecule has 0 unspecified atom stereocenters. The molecule has 13 rings (SSSR count). The highest BCUT2D eigenvalue weighted by Gasteiger charge is 2.51. The molecule has 62 heavy (non-hydrogen) atoms. The molecule has 0 saturated heterocycles. The van der Waals surface area contributed by atoms with Gasteiger partial charge in [-0.3, -0.25) is 0 Å². The standard InChI is InChI=1S/C58H35N3O/c1-2-15-37(16-3-1)55-59-56(61-57(60-55)40-18-12-17-39(35-40)42-24-13-25-46-45-21-7-11-30-52(45)62-54(42)46)38-33-31-36(32-34-38)41-23-14-29-51-53(41)47-22-6-10-28-50(47)58(51)48-26-8-4-19-43(48)44-20-5-9-27-49(44)58/h1-35H. The Hall–Kier alpha value is -8.21. The van der Waals surface area contributed by atoms with Crippen molar-refractivity contribution in [1.82, 2.24) is 15.0 Å². The lowest BCUT2D eigenvalue weighted by atomic mass is 9.70. The summed E-state index contributed by atoms with van der Waals surface area (Å²) in [5.74, 6) is 1.85. The summed E-state index contributed by atoms with van der Waals surface area (Å²) >= 11 is 0. The summed E-state index contributed by atoms with van der Waals surface area (Å²) in [5, 5.41) is 2.20. The second kappa shape index (κ2) is 13.4. The Morgan fingerprint density at radius 3 is 1.52 bits per heavy atom. The van der Waals surface area contributed by atoms with Gasteiger partial charge in [0.1, 0.15) is 11.2 Å². The molecule has 0 saturated carbocycles. The number of hydrogen-bond donors (Lipinski definition) is 0. The van der Waals surface area contributed by atoms with Crippen molar-refractivity contribution in [3.63, 3.8) is 0 Å². The molecule has 0 N–H and O–H groups in total. The van der Waals surface area contributed by atoms with Gasteiger partial charge in [0.2, 0.25) is 0 Å².